The fourth-order valence-electron chi connectivity index (χ4n) is 2.18. The van der Waals surface area contributed by atoms with Crippen LogP contribution in [0.15, 0.2) is 66.4 Å². The summed E-state index contributed by atoms with van der Waals surface area (Å²) >= 11 is 0. The average molecular weight is 349 g/mol. The number of benzene rings is 2. The number of ether oxygens (including phenoxy) is 1. The smallest absolute Gasteiger partial charge is 0.337 e. The summed E-state index contributed by atoms with van der Waals surface area (Å²) in [5, 5.41) is 14.7. The van der Waals surface area contributed by atoms with Crippen molar-refractivity contribution in [3.63, 3.8) is 0 Å². The van der Waals surface area contributed by atoms with Gasteiger partial charge in [0.15, 0.2) is 0 Å². The molecule has 0 saturated carbocycles. The van der Waals surface area contributed by atoms with E-state index < -0.39 is 11.9 Å². The van der Waals surface area contributed by atoms with Crippen LogP contribution in [0.4, 0.5) is 5.69 Å². The number of carbonyl (C=O) groups is 2. The molecule has 0 aliphatic rings. The number of hydrogen-bond acceptors (Lipinski definition) is 5. The largest absolute Gasteiger partial charge is 0.465 e. The van der Waals surface area contributed by atoms with Crippen molar-refractivity contribution in [2.24, 2.45) is 0 Å². The number of methoxy groups -OCH3 is 1. The Labute approximate surface area is 152 Å². The fraction of sp³-hybridized carbons (Fsp3) is 0.150. The van der Waals surface area contributed by atoms with Crippen LogP contribution in [0, 0.1) is 11.3 Å². The van der Waals surface area contributed by atoms with E-state index in [0.717, 1.165) is 5.56 Å². The molecule has 132 valence electrons. The molecule has 0 bridgehead atoms. The average Bonchev–Trinajstić information content (AvgIpc) is 2.69. The minimum absolute atomic E-state index is 0.0323. The molecule has 0 heterocycles. The second kappa shape index (κ2) is 9.64. The number of amides is 1. The number of nitriles is 1. The molecule has 0 aromatic heterocycles. The molecule has 2 aromatic rings. The van der Waals surface area contributed by atoms with Crippen molar-refractivity contribution in [3.8, 4) is 6.07 Å². The number of esters is 1. The predicted octanol–water partition coefficient (Wildman–Crippen LogP) is 2.65. The van der Waals surface area contributed by atoms with Gasteiger partial charge in [0.2, 0.25) is 0 Å². The van der Waals surface area contributed by atoms with Crippen molar-refractivity contribution in [3.05, 3.63) is 77.5 Å². The first kappa shape index (κ1) is 18.7. The molecule has 1 amide bonds. The van der Waals surface area contributed by atoms with Gasteiger partial charge in [-0.05, 0) is 36.2 Å². The van der Waals surface area contributed by atoms with Gasteiger partial charge in [0.1, 0.15) is 11.6 Å². The minimum Gasteiger partial charge on any atom is -0.465 e. The van der Waals surface area contributed by atoms with Gasteiger partial charge in [-0.2, -0.15) is 5.26 Å². The number of nitrogens with one attached hydrogen (secondary N) is 2. The highest BCUT2D eigenvalue weighted by Gasteiger charge is 2.08. The zero-order chi connectivity index (χ0) is 18.8. The summed E-state index contributed by atoms with van der Waals surface area (Å²) in [6, 6.07) is 18.1. The summed E-state index contributed by atoms with van der Waals surface area (Å²) in [7, 11) is 1.31. The van der Waals surface area contributed by atoms with Gasteiger partial charge < -0.3 is 15.4 Å². The second-order valence-electron chi connectivity index (χ2n) is 5.37. The number of carbonyl (C=O) groups excluding carboxylic acids is 2. The molecule has 0 fully saturated rings. The molecule has 0 saturated heterocycles. The Morgan fingerprint density at radius 1 is 1.12 bits per heavy atom. The monoisotopic (exact) mass is 349 g/mol. The van der Waals surface area contributed by atoms with E-state index in [1.165, 1.54) is 13.3 Å². The number of hydrogen-bond donors (Lipinski definition) is 2. The number of rotatable bonds is 7. The van der Waals surface area contributed by atoms with Gasteiger partial charge in [-0.3, -0.25) is 4.79 Å². The van der Waals surface area contributed by atoms with Crippen LogP contribution in [0.5, 0.6) is 0 Å². The van der Waals surface area contributed by atoms with Gasteiger partial charge in [-0.1, -0.05) is 30.3 Å². The number of nitrogens with zero attached hydrogens (tertiary/aromatic N) is 1. The minimum atomic E-state index is -0.442. The normalized spacial score (nSPS) is 10.5. The van der Waals surface area contributed by atoms with Crippen molar-refractivity contribution in [1.29, 1.82) is 5.26 Å². The molecule has 0 atom stereocenters. The quantitative estimate of drug-likeness (QED) is 0.455. The highest BCUT2D eigenvalue weighted by molar-refractivity contribution is 5.97. The molecule has 0 radical (unpaired) electrons. The van der Waals surface area contributed by atoms with Gasteiger partial charge in [0.25, 0.3) is 5.91 Å². The first-order valence-electron chi connectivity index (χ1n) is 8.01. The van der Waals surface area contributed by atoms with E-state index in [-0.39, 0.29) is 5.57 Å². The van der Waals surface area contributed by atoms with Crippen molar-refractivity contribution >= 4 is 17.6 Å². The first-order valence-corrected chi connectivity index (χ1v) is 8.01. The van der Waals surface area contributed by atoms with Gasteiger partial charge in [-0.25, -0.2) is 4.79 Å². The molecule has 6 nitrogen and oxygen atoms in total. The van der Waals surface area contributed by atoms with E-state index in [2.05, 4.69) is 15.4 Å². The molecule has 0 aliphatic carbocycles. The summed E-state index contributed by atoms with van der Waals surface area (Å²) in [6.45, 7) is 0.440. The molecular formula is C20H19N3O3. The van der Waals surface area contributed by atoms with E-state index in [1.54, 1.807) is 24.3 Å². The molecular weight excluding hydrogens is 330 g/mol. The van der Waals surface area contributed by atoms with Crippen molar-refractivity contribution in [2.75, 3.05) is 19.0 Å². The maximum atomic E-state index is 12.1. The third-order valence-corrected chi connectivity index (χ3v) is 3.60. The molecule has 2 rings (SSSR count). The summed E-state index contributed by atoms with van der Waals surface area (Å²) in [5.74, 6) is -0.871. The van der Waals surface area contributed by atoms with E-state index in [0.29, 0.717) is 24.2 Å². The van der Waals surface area contributed by atoms with Crippen molar-refractivity contribution < 1.29 is 14.3 Å². The zero-order valence-corrected chi connectivity index (χ0v) is 14.4. The Morgan fingerprint density at radius 3 is 2.42 bits per heavy atom. The van der Waals surface area contributed by atoms with E-state index in [1.807, 2.05) is 36.4 Å². The standard InChI is InChI=1S/C20H19N3O3/c1-26-20(25)16-7-9-18(10-8-16)23-14-17(13-21)19(24)22-12-11-15-5-3-2-4-6-15/h2-10,14,23H,11-12H2,1H3,(H,22,24)/b17-14-. The topological polar surface area (TPSA) is 91.2 Å². The Kier molecular flexibility index (Phi) is 6.95. The maximum Gasteiger partial charge on any atom is 0.337 e. The van der Waals surface area contributed by atoms with Crippen LogP contribution in [0.25, 0.3) is 0 Å². The Hall–Kier alpha value is -3.59. The summed E-state index contributed by atoms with van der Waals surface area (Å²) in [6.07, 6.45) is 2.03. The highest BCUT2D eigenvalue weighted by atomic mass is 16.5. The lowest BCUT2D eigenvalue weighted by Gasteiger charge is -2.06. The molecule has 26 heavy (non-hydrogen) atoms. The Bertz CT molecular complexity index is 822. The third-order valence-electron chi connectivity index (χ3n) is 3.60. The fourth-order valence-corrected chi connectivity index (χ4v) is 2.18. The van der Waals surface area contributed by atoms with Gasteiger partial charge in [0, 0.05) is 18.4 Å². The van der Waals surface area contributed by atoms with Crippen LogP contribution in [-0.4, -0.2) is 25.5 Å². The molecule has 0 unspecified atom stereocenters. The van der Waals surface area contributed by atoms with E-state index >= 15 is 0 Å². The Balaban J connectivity index is 1.89. The molecule has 0 aliphatic heterocycles. The van der Waals surface area contributed by atoms with E-state index in [9.17, 15) is 9.59 Å². The predicted molar refractivity (Wildman–Crippen MR) is 98.3 cm³/mol. The first-order chi connectivity index (χ1) is 12.6. The van der Waals surface area contributed by atoms with Crippen molar-refractivity contribution in [2.45, 2.75) is 6.42 Å². The third kappa shape index (κ3) is 5.49. The van der Waals surface area contributed by atoms with E-state index in [4.69, 9.17) is 5.26 Å². The maximum absolute atomic E-state index is 12.1. The summed E-state index contributed by atoms with van der Waals surface area (Å²) < 4.78 is 4.63. The summed E-state index contributed by atoms with van der Waals surface area (Å²) in [4.78, 5) is 23.4. The lowest BCUT2D eigenvalue weighted by molar-refractivity contribution is -0.117. The van der Waals surface area contributed by atoms with Gasteiger partial charge in [0.05, 0.1) is 12.7 Å². The van der Waals surface area contributed by atoms with Crippen LogP contribution in [0.1, 0.15) is 15.9 Å². The Morgan fingerprint density at radius 2 is 1.81 bits per heavy atom. The second-order valence-corrected chi connectivity index (χ2v) is 5.37. The van der Waals surface area contributed by atoms with Gasteiger partial charge in [-0.15, -0.1) is 0 Å². The number of anilines is 1. The lowest BCUT2D eigenvalue weighted by atomic mass is 10.1. The van der Waals surface area contributed by atoms with Crippen LogP contribution in [-0.2, 0) is 16.0 Å². The lowest BCUT2D eigenvalue weighted by Crippen LogP contribution is -2.27. The van der Waals surface area contributed by atoms with Gasteiger partial charge >= 0.3 is 5.97 Å². The molecule has 6 heteroatoms. The molecule has 0 spiro atoms. The highest BCUT2D eigenvalue weighted by Crippen LogP contribution is 2.11. The van der Waals surface area contributed by atoms with Crippen LogP contribution < -0.4 is 10.6 Å². The van der Waals surface area contributed by atoms with Crippen molar-refractivity contribution in [1.82, 2.24) is 5.32 Å². The van der Waals surface area contributed by atoms with Crippen LogP contribution in [0.3, 0.4) is 0 Å². The SMILES string of the molecule is COC(=O)c1ccc(N/C=C(/C#N)C(=O)NCCc2ccccc2)cc1. The zero-order valence-electron chi connectivity index (χ0n) is 14.4. The molecule has 2 aromatic carbocycles. The van der Waals surface area contributed by atoms with Crippen LogP contribution >= 0.6 is 0 Å². The summed E-state index contributed by atoms with van der Waals surface area (Å²) in [5.41, 5.74) is 2.14. The molecule has 2 N–H and O–H groups in total. The van der Waals surface area contributed by atoms with Crippen LogP contribution in [0.2, 0.25) is 0 Å².